The summed E-state index contributed by atoms with van der Waals surface area (Å²) in [6, 6.07) is 0. The molecule has 4 heteroatoms. The van der Waals surface area contributed by atoms with Crippen molar-refractivity contribution in [3.05, 3.63) is 12.2 Å². The molecule has 0 saturated heterocycles. The number of hydrogen-bond donors (Lipinski definition) is 1. The lowest BCUT2D eigenvalue weighted by Crippen LogP contribution is -2.56. The Kier molecular flexibility index (Phi) is 1.48. The zero-order valence-corrected chi connectivity index (χ0v) is 7.32. The van der Waals surface area contributed by atoms with Crippen LogP contribution in [-0.2, 0) is 5.54 Å². The molecule has 0 aromatic carbocycles. The van der Waals surface area contributed by atoms with Gasteiger partial charge in [0, 0.05) is 0 Å². The van der Waals surface area contributed by atoms with Gasteiger partial charge in [0.25, 0.3) is 0 Å². The van der Waals surface area contributed by atoms with E-state index in [2.05, 4.69) is 28.5 Å². The van der Waals surface area contributed by atoms with E-state index in [9.17, 15) is 0 Å². The van der Waals surface area contributed by atoms with Crippen LogP contribution in [0.4, 0.5) is 0 Å². The van der Waals surface area contributed by atoms with Gasteiger partial charge in [-0.2, -0.15) is 4.98 Å². The highest BCUT2D eigenvalue weighted by Gasteiger charge is 2.50. The molecule has 1 aliphatic carbocycles. The highest BCUT2D eigenvalue weighted by atomic mass is 16.5. The van der Waals surface area contributed by atoms with Gasteiger partial charge in [-0.05, 0) is 18.3 Å². The van der Waals surface area contributed by atoms with Gasteiger partial charge in [-0.25, -0.2) is 0 Å². The summed E-state index contributed by atoms with van der Waals surface area (Å²) in [6.45, 7) is 4.32. The van der Waals surface area contributed by atoms with Crippen molar-refractivity contribution in [2.75, 3.05) is 0 Å². The fourth-order valence-corrected chi connectivity index (χ4v) is 1.91. The Hall–Kier alpha value is -0.900. The van der Waals surface area contributed by atoms with E-state index in [-0.39, 0.29) is 5.54 Å². The van der Waals surface area contributed by atoms with E-state index < -0.39 is 0 Å². The van der Waals surface area contributed by atoms with Gasteiger partial charge in [0.15, 0.2) is 5.82 Å². The Balaban J connectivity index is 2.25. The molecule has 1 aromatic heterocycles. The van der Waals surface area contributed by atoms with Crippen LogP contribution in [0.15, 0.2) is 10.9 Å². The predicted molar refractivity (Wildman–Crippen MR) is 43.1 cm³/mol. The van der Waals surface area contributed by atoms with Crippen molar-refractivity contribution < 1.29 is 4.52 Å². The molecule has 1 fully saturated rings. The van der Waals surface area contributed by atoms with Crippen molar-refractivity contribution >= 4 is 0 Å². The number of nitrogens with two attached hydrogens (primary N) is 1. The zero-order valence-electron chi connectivity index (χ0n) is 7.32. The summed E-state index contributed by atoms with van der Waals surface area (Å²) in [5, 5.41) is 3.78. The molecule has 2 rings (SSSR count). The molecular formula is C8H13N3O. The van der Waals surface area contributed by atoms with Crippen LogP contribution in [0.5, 0.6) is 0 Å². The molecule has 66 valence electrons. The van der Waals surface area contributed by atoms with E-state index in [1.807, 2.05) is 0 Å². The third-order valence-corrected chi connectivity index (χ3v) is 3.10. The molecule has 12 heavy (non-hydrogen) atoms. The van der Waals surface area contributed by atoms with Crippen molar-refractivity contribution in [1.29, 1.82) is 0 Å². The topological polar surface area (TPSA) is 64.9 Å². The van der Waals surface area contributed by atoms with Gasteiger partial charge in [-0.15, -0.1) is 0 Å². The minimum absolute atomic E-state index is 0.341. The normalized spacial score (nSPS) is 40.9. The minimum atomic E-state index is -0.341. The van der Waals surface area contributed by atoms with Gasteiger partial charge < -0.3 is 10.3 Å². The third-order valence-electron chi connectivity index (χ3n) is 3.10. The fraction of sp³-hybridized carbons (Fsp3) is 0.750. The summed E-state index contributed by atoms with van der Waals surface area (Å²) >= 11 is 0. The van der Waals surface area contributed by atoms with Crippen LogP contribution in [0.1, 0.15) is 26.1 Å². The molecule has 4 nitrogen and oxygen atoms in total. The first-order chi connectivity index (χ1) is 5.64. The van der Waals surface area contributed by atoms with Crippen LogP contribution in [0.25, 0.3) is 0 Å². The SMILES string of the molecule is CC1CC(N)(c2ncon2)C1C. The number of nitrogens with zero attached hydrogens (tertiary/aromatic N) is 2. The lowest BCUT2D eigenvalue weighted by Gasteiger charge is -2.48. The Morgan fingerprint density at radius 1 is 1.67 bits per heavy atom. The fourth-order valence-electron chi connectivity index (χ4n) is 1.91. The first kappa shape index (κ1) is 7.73. The van der Waals surface area contributed by atoms with Gasteiger partial charge in [-0.1, -0.05) is 19.0 Å². The highest BCUT2D eigenvalue weighted by molar-refractivity contribution is 5.12. The van der Waals surface area contributed by atoms with E-state index in [4.69, 9.17) is 5.73 Å². The maximum absolute atomic E-state index is 6.12. The maximum Gasteiger partial charge on any atom is 0.213 e. The Morgan fingerprint density at radius 3 is 2.83 bits per heavy atom. The molecule has 0 bridgehead atoms. The number of hydrogen-bond acceptors (Lipinski definition) is 4. The first-order valence-corrected chi connectivity index (χ1v) is 4.20. The summed E-state index contributed by atoms with van der Waals surface area (Å²) in [6.07, 6.45) is 2.29. The second kappa shape index (κ2) is 2.29. The van der Waals surface area contributed by atoms with Gasteiger partial charge in [0.2, 0.25) is 6.39 Å². The lowest BCUT2D eigenvalue weighted by atomic mass is 9.61. The number of rotatable bonds is 1. The van der Waals surface area contributed by atoms with Gasteiger partial charge in [0.1, 0.15) is 0 Å². The second-order valence-corrected chi connectivity index (χ2v) is 3.77. The van der Waals surface area contributed by atoms with Crippen LogP contribution in [0.2, 0.25) is 0 Å². The van der Waals surface area contributed by atoms with Crippen LogP contribution >= 0.6 is 0 Å². The molecule has 0 radical (unpaired) electrons. The van der Waals surface area contributed by atoms with E-state index in [1.54, 1.807) is 0 Å². The van der Waals surface area contributed by atoms with Gasteiger partial charge in [-0.3, -0.25) is 0 Å². The monoisotopic (exact) mass is 167 g/mol. The van der Waals surface area contributed by atoms with E-state index >= 15 is 0 Å². The van der Waals surface area contributed by atoms with E-state index in [1.165, 1.54) is 6.39 Å². The number of aromatic nitrogens is 2. The molecule has 1 saturated carbocycles. The summed E-state index contributed by atoms with van der Waals surface area (Å²) < 4.78 is 4.68. The molecular weight excluding hydrogens is 154 g/mol. The minimum Gasteiger partial charge on any atom is -0.343 e. The lowest BCUT2D eigenvalue weighted by molar-refractivity contribution is 0.0524. The van der Waals surface area contributed by atoms with E-state index in [0.29, 0.717) is 17.7 Å². The van der Waals surface area contributed by atoms with Crippen molar-refractivity contribution in [3.63, 3.8) is 0 Å². The standard InChI is InChI=1S/C8H13N3O/c1-5-3-8(9,6(5)2)7-10-4-12-11-7/h4-6H,3,9H2,1-2H3. The van der Waals surface area contributed by atoms with Crippen molar-refractivity contribution in [2.24, 2.45) is 17.6 Å². The molecule has 0 amide bonds. The Bertz CT molecular complexity index is 272. The smallest absolute Gasteiger partial charge is 0.213 e. The van der Waals surface area contributed by atoms with Gasteiger partial charge >= 0.3 is 0 Å². The zero-order chi connectivity index (χ0) is 8.77. The average Bonchev–Trinajstić information content (AvgIpc) is 2.56. The predicted octanol–water partition coefficient (Wildman–Crippen LogP) is 0.900. The molecule has 1 aliphatic rings. The summed E-state index contributed by atoms with van der Waals surface area (Å²) in [7, 11) is 0. The third kappa shape index (κ3) is 0.813. The van der Waals surface area contributed by atoms with Gasteiger partial charge in [0.05, 0.1) is 5.54 Å². The molecule has 1 heterocycles. The summed E-state index contributed by atoms with van der Waals surface area (Å²) in [5.74, 6) is 1.75. The Labute approximate surface area is 71.1 Å². The Morgan fingerprint density at radius 2 is 2.42 bits per heavy atom. The molecule has 3 unspecified atom stereocenters. The molecule has 0 spiro atoms. The largest absolute Gasteiger partial charge is 0.343 e. The maximum atomic E-state index is 6.12. The molecule has 2 N–H and O–H groups in total. The molecule has 3 atom stereocenters. The van der Waals surface area contributed by atoms with Crippen LogP contribution in [0, 0.1) is 11.8 Å². The summed E-state index contributed by atoms with van der Waals surface area (Å²) in [4.78, 5) is 3.99. The first-order valence-electron chi connectivity index (χ1n) is 4.20. The second-order valence-electron chi connectivity index (χ2n) is 3.77. The average molecular weight is 167 g/mol. The molecule has 1 aromatic rings. The van der Waals surface area contributed by atoms with Crippen LogP contribution in [-0.4, -0.2) is 10.1 Å². The van der Waals surface area contributed by atoms with Crippen LogP contribution in [0.3, 0.4) is 0 Å². The van der Waals surface area contributed by atoms with Crippen LogP contribution < -0.4 is 5.73 Å². The molecule has 0 aliphatic heterocycles. The van der Waals surface area contributed by atoms with E-state index in [0.717, 1.165) is 6.42 Å². The summed E-state index contributed by atoms with van der Waals surface area (Å²) in [5.41, 5.74) is 5.78. The van der Waals surface area contributed by atoms with Crippen molar-refractivity contribution in [3.8, 4) is 0 Å². The highest BCUT2D eigenvalue weighted by Crippen LogP contribution is 2.47. The van der Waals surface area contributed by atoms with Crippen molar-refractivity contribution in [1.82, 2.24) is 10.1 Å². The van der Waals surface area contributed by atoms with Crippen molar-refractivity contribution in [2.45, 2.75) is 25.8 Å². The quantitative estimate of drug-likeness (QED) is 0.674.